The van der Waals surface area contributed by atoms with Gasteiger partial charge in [-0.3, -0.25) is 4.79 Å². The fourth-order valence-electron chi connectivity index (χ4n) is 2.35. The third-order valence-corrected chi connectivity index (χ3v) is 5.70. The minimum absolute atomic E-state index is 0.0404. The molecule has 0 aliphatic heterocycles. The van der Waals surface area contributed by atoms with Crippen LogP contribution in [0.2, 0.25) is 10.0 Å². The summed E-state index contributed by atoms with van der Waals surface area (Å²) in [5.74, 6) is 1.08. The topological polar surface area (TPSA) is 55.1 Å². The molecule has 4 nitrogen and oxygen atoms in total. The first-order valence-corrected chi connectivity index (χ1v) is 10.2. The van der Waals surface area contributed by atoms with Crippen LogP contribution in [0.5, 0.6) is 0 Å². The molecule has 0 saturated heterocycles. The molecule has 2 aromatic carbocycles. The molecular formula is C20H18Cl2N2O2S. The zero-order chi connectivity index (χ0) is 19.2. The second kappa shape index (κ2) is 9.31. The van der Waals surface area contributed by atoms with Crippen LogP contribution in [0.15, 0.2) is 59.2 Å². The summed E-state index contributed by atoms with van der Waals surface area (Å²) >= 11 is 13.5. The maximum atomic E-state index is 12.3. The summed E-state index contributed by atoms with van der Waals surface area (Å²) in [5.41, 5.74) is 2.55. The monoisotopic (exact) mass is 420 g/mol. The van der Waals surface area contributed by atoms with Gasteiger partial charge in [0.2, 0.25) is 11.8 Å². The van der Waals surface area contributed by atoms with Crippen molar-refractivity contribution in [3.8, 4) is 11.5 Å². The van der Waals surface area contributed by atoms with E-state index in [9.17, 15) is 4.79 Å². The quantitative estimate of drug-likeness (QED) is 0.541. The summed E-state index contributed by atoms with van der Waals surface area (Å²) < 4.78 is 5.52. The lowest BCUT2D eigenvalue weighted by Crippen LogP contribution is -2.30. The summed E-state index contributed by atoms with van der Waals surface area (Å²) in [6.45, 7) is 2.28. The summed E-state index contributed by atoms with van der Waals surface area (Å²) in [6, 6.07) is 14.8. The molecule has 0 saturated carbocycles. The van der Waals surface area contributed by atoms with E-state index in [1.807, 2.05) is 43.3 Å². The highest BCUT2D eigenvalue weighted by molar-refractivity contribution is 7.99. The molecule has 3 rings (SSSR count). The van der Waals surface area contributed by atoms with E-state index >= 15 is 0 Å². The third kappa shape index (κ3) is 5.51. The Kier molecular flexibility index (Phi) is 6.83. The number of aromatic nitrogens is 1. The molecule has 1 unspecified atom stereocenters. The van der Waals surface area contributed by atoms with E-state index < -0.39 is 0 Å². The minimum atomic E-state index is -0.219. The van der Waals surface area contributed by atoms with Crippen molar-refractivity contribution in [2.45, 2.75) is 24.5 Å². The number of amides is 1. The number of carbonyl (C=O) groups is 1. The molecule has 0 radical (unpaired) electrons. The molecule has 0 aliphatic carbocycles. The average molecular weight is 421 g/mol. The Morgan fingerprint density at radius 2 is 1.93 bits per heavy atom. The van der Waals surface area contributed by atoms with Gasteiger partial charge in [-0.05, 0) is 42.8 Å². The molecular weight excluding hydrogens is 403 g/mol. The first kappa shape index (κ1) is 19.8. The van der Waals surface area contributed by atoms with Crippen molar-refractivity contribution in [1.29, 1.82) is 0 Å². The number of nitrogens with one attached hydrogen (secondary N) is 1. The Hall–Kier alpha value is -1.95. The van der Waals surface area contributed by atoms with Crippen LogP contribution in [-0.4, -0.2) is 16.1 Å². The fraction of sp³-hybridized carbons (Fsp3) is 0.200. The van der Waals surface area contributed by atoms with Crippen LogP contribution in [-0.2, 0) is 17.1 Å². The molecule has 1 atom stereocenters. The van der Waals surface area contributed by atoms with Gasteiger partial charge in [0.05, 0.1) is 10.9 Å². The molecule has 1 heterocycles. The normalized spacial score (nSPS) is 12.0. The molecule has 27 heavy (non-hydrogen) atoms. The van der Waals surface area contributed by atoms with Crippen molar-refractivity contribution < 1.29 is 9.21 Å². The molecule has 0 bridgehead atoms. The third-order valence-electron chi connectivity index (χ3n) is 3.90. The van der Waals surface area contributed by atoms with E-state index in [4.69, 9.17) is 27.6 Å². The van der Waals surface area contributed by atoms with E-state index in [1.54, 1.807) is 18.4 Å². The first-order valence-electron chi connectivity index (χ1n) is 8.36. The molecule has 0 aliphatic rings. The van der Waals surface area contributed by atoms with E-state index in [1.165, 1.54) is 11.8 Å². The lowest BCUT2D eigenvalue weighted by atomic mass is 10.2. The standard InChI is InChI=1S/C20H18Cl2N2O2S/c1-13(19(25)23-10-15-4-2-3-5-18(15)22)27-12-17-11-26-20(24-17)14-6-8-16(21)9-7-14/h2-9,11,13H,10,12H2,1H3,(H,23,25). The predicted octanol–water partition coefficient (Wildman–Crippen LogP) is 5.59. The van der Waals surface area contributed by atoms with Crippen LogP contribution in [0.3, 0.4) is 0 Å². The fourth-order valence-corrected chi connectivity index (χ4v) is 3.47. The van der Waals surface area contributed by atoms with Crippen molar-refractivity contribution in [3.05, 3.63) is 76.1 Å². The summed E-state index contributed by atoms with van der Waals surface area (Å²) in [4.78, 5) is 16.7. The van der Waals surface area contributed by atoms with Crippen molar-refractivity contribution in [2.75, 3.05) is 0 Å². The molecule has 3 aromatic rings. The molecule has 1 aromatic heterocycles. The van der Waals surface area contributed by atoms with Crippen LogP contribution in [0.1, 0.15) is 18.2 Å². The number of benzene rings is 2. The maximum Gasteiger partial charge on any atom is 0.233 e. The number of hydrogen-bond acceptors (Lipinski definition) is 4. The van der Waals surface area contributed by atoms with Gasteiger partial charge >= 0.3 is 0 Å². The van der Waals surface area contributed by atoms with Gasteiger partial charge in [-0.1, -0.05) is 41.4 Å². The SMILES string of the molecule is CC(SCc1coc(-c2ccc(Cl)cc2)n1)C(=O)NCc1ccccc1Cl. The van der Waals surface area contributed by atoms with Crippen molar-refractivity contribution in [1.82, 2.24) is 10.3 Å². The van der Waals surface area contributed by atoms with Gasteiger partial charge in [-0.2, -0.15) is 0 Å². The predicted molar refractivity (Wildman–Crippen MR) is 111 cm³/mol. The van der Waals surface area contributed by atoms with Gasteiger partial charge < -0.3 is 9.73 Å². The van der Waals surface area contributed by atoms with Crippen LogP contribution >= 0.6 is 35.0 Å². The van der Waals surface area contributed by atoms with Crippen LogP contribution in [0.25, 0.3) is 11.5 Å². The van der Waals surface area contributed by atoms with E-state index in [-0.39, 0.29) is 11.2 Å². The van der Waals surface area contributed by atoms with Gasteiger partial charge in [0.25, 0.3) is 0 Å². The lowest BCUT2D eigenvalue weighted by Gasteiger charge is -2.12. The van der Waals surface area contributed by atoms with E-state index in [2.05, 4.69) is 10.3 Å². The van der Waals surface area contributed by atoms with Crippen molar-refractivity contribution in [3.63, 3.8) is 0 Å². The molecule has 1 amide bonds. The van der Waals surface area contributed by atoms with Crippen molar-refractivity contribution >= 4 is 40.9 Å². The lowest BCUT2D eigenvalue weighted by molar-refractivity contribution is -0.120. The number of halogens is 2. The Morgan fingerprint density at radius 3 is 2.67 bits per heavy atom. The summed E-state index contributed by atoms with van der Waals surface area (Å²) in [5, 5.41) is 4.01. The maximum absolute atomic E-state index is 12.3. The van der Waals surface area contributed by atoms with Gasteiger partial charge in [0, 0.05) is 27.9 Å². The number of rotatable bonds is 7. The molecule has 1 N–H and O–H groups in total. The molecule has 140 valence electrons. The Bertz CT molecular complexity index is 912. The average Bonchev–Trinajstić information content (AvgIpc) is 3.15. The highest BCUT2D eigenvalue weighted by Gasteiger charge is 2.15. The van der Waals surface area contributed by atoms with E-state index in [0.717, 1.165) is 16.8 Å². The second-order valence-electron chi connectivity index (χ2n) is 5.91. The number of thioether (sulfide) groups is 1. The Balaban J connectivity index is 1.50. The largest absolute Gasteiger partial charge is 0.444 e. The molecule has 7 heteroatoms. The van der Waals surface area contributed by atoms with Gasteiger partial charge in [-0.15, -0.1) is 11.8 Å². The van der Waals surface area contributed by atoms with Crippen LogP contribution in [0, 0.1) is 0 Å². The van der Waals surface area contributed by atoms with Gasteiger partial charge in [0.1, 0.15) is 6.26 Å². The zero-order valence-corrected chi connectivity index (χ0v) is 16.9. The summed E-state index contributed by atoms with van der Waals surface area (Å²) in [7, 11) is 0. The van der Waals surface area contributed by atoms with Gasteiger partial charge in [0.15, 0.2) is 0 Å². The number of nitrogens with zero attached hydrogens (tertiary/aromatic N) is 1. The smallest absolute Gasteiger partial charge is 0.233 e. The Labute approximate surface area is 172 Å². The van der Waals surface area contributed by atoms with E-state index in [0.29, 0.717) is 28.2 Å². The van der Waals surface area contributed by atoms with Crippen LogP contribution in [0.4, 0.5) is 0 Å². The number of hydrogen-bond donors (Lipinski definition) is 1. The highest BCUT2D eigenvalue weighted by atomic mass is 35.5. The van der Waals surface area contributed by atoms with Crippen molar-refractivity contribution in [2.24, 2.45) is 0 Å². The summed E-state index contributed by atoms with van der Waals surface area (Å²) in [6.07, 6.45) is 1.62. The number of oxazole rings is 1. The molecule has 0 spiro atoms. The van der Waals surface area contributed by atoms with Crippen LogP contribution < -0.4 is 5.32 Å². The molecule has 0 fully saturated rings. The second-order valence-corrected chi connectivity index (χ2v) is 8.09. The highest BCUT2D eigenvalue weighted by Crippen LogP contribution is 2.24. The first-order chi connectivity index (χ1) is 13.0. The van der Waals surface area contributed by atoms with Gasteiger partial charge in [-0.25, -0.2) is 4.98 Å². The number of carbonyl (C=O) groups excluding carboxylic acids is 1. The Morgan fingerprint density at radius 1 is 1.19 bits per heavy atom. The zero-order valence-electron chi connectivity index (χ0n) is 14.6. The minimum Gasteiger partial charge on any atom is -0.444 e.